The Hall–Kier alpha value is -3.28. The van der Waals surface area contributed by atoms with E-state index < -0.39 is 27.9 Å². The summed E-state index contributed by atoms with van der Waals surface area (Å²) in [4.78, 5) is 33.6. The van der Waals surface area contributed by atoms with Crippen LogP contribution in [-0.2, 0) is 4.79 Å². The molecule has 0 spiro atoms. The average Bonchev–Trinajstić information content (AvgIpc) is 2.53. The van der Waals surface area contributed by atoms with Gasteiger partial charge in [0.05, 0.1) is 4.92 Å². The van der Waals surface area contributed by atoms with Crippen LogP contribution in [0.1, 0.15) is 15.9 Å². The number of nitro groups is 1. The standard InChI is InChI=1S/C16H9NO5/c18-14-11-7-6-10(9-4-2-1-3-5-9)8-12(11)15(19)16(20)13(14)17(21)22/h1-8,18H. The quantitative estimate of drug-likeness (QED) is 0.521. The minimum absolute atomic E-state index is 0.00372. The average molecular weight is 295 g/mol. The van der Waals surface area contributed by atoms with Gasteiger partial charge in [-0.1, -0.05) is 36.4 Å². The zero-order chi connectivity index (χ0) is 15.9. The Morgan fingerprint density at radius 2 is 1.55 bits per heavy atom. The van der Waals surface area contributed by atoms with Crippen molar-refractivity contribution in [2.45, 2.75) is 0 Å². The minimum Gasteiger partial charge on any atom is -0.502 e. The van der Waals surface area contributed by atoms with Gasteiger partial charge in [-0.3, -0.25) is 19.7 Å². The molecule has 6 heteroatoms. The van der Waals surface area contributed by atoms with E-state index in [1.54, 1.807) is 6.07 Å². The molecule has 2 aromatic carbocycles. The summed E-state index contributed by atoms with van der Waals surface area (Å²) in [5.74, 6) is -3.07. The fourth-order valence-corrected chi connectivity index (χ4v) is 2.38. The molecule has 3 rings (SSSR count). The van der Waals surface area contributed by atoms with E-state index in [2.05, 4.69) is 0 Å². The number of benzene rings is 2. The van der Waals surface area contributed by atoms with E-state index in [-0.39, 0.29) is 11.1 Å². The van der Waals surface area contributed by atoms with E-state index >= 15 is 0 Å². The van der Waals surface area contributed by atoms with Gasteiger partial charge in [0, 0.05) is 11.1 Å². The molecule has 0 saturated heterocycles. The molecule has 1 N–H and O–H groups in total. The third kappa shape index (κ3) is 1.98. The maximum atomic E-state index is 12.1. The Morgan fingerprint density at radius 1 is 0.864 bits per heavy atom. The highest BCUT2D eigenvalue weighted by Gasteiger charge is 2.41. The van der Waals surface area contributed by atoms with E-state index in [0.29, 0.717) is 5.56 Å². The van der Waals surface area contributed by atoms with Gasteiger partial charge in [-0.05, 0) is 23.3 Å². The van der Waals surface area contributed by atoms with Crippen molar-refractivity contribution in [3.05, 3.63) is 75.5 Å². The van der Waals surface area contributed by atoms with Crippen LogP contribution in [0.4, 0.5) is 0 Å². The Morgan fingerprint density at radius 3 is 2.18 bits per heavy atom. The number of hydrogen-bond acceptors (Lipinski definition) is 5. The third-order valence-corrected chi connectivity index (χ3v) is 3.45. The van der Waals surface area contributed by atoms with Crippen LogP contribution in [0, 0.1) is 10.1 Å². The molecule has 0 radical (unpaired) electrons. The first kappa shape index (κ1) is 13.7. The molecule has 0 unspecified atom stereocenters. The lowest BCUT2D eigenvalue weighted by atomic mass is 9.89. The number of Topliss-reactive ketones (excluding diaryl/α,β-unsaturated/α-hetero) is 2. The molecule has 0 fully saturated rings. The molecular formula is C16H9NO5. The van der Waals surface area contributed by atoms with E-state index in [0.717, 1.165) is 5.56 Å². The van der Waals surface area contributed by atoms with Gasteiger partial charge in [0.25, 0.3) is 0 Å². The first-order valence-electron chi connectivity index (χ1n) is 6.37. The SMILES string of the molecule is O=C1C(=O)c2cc(-c3ccccc3)ccc2C(O)=C1[N+](=O)[O-]. The predicted octanol–water partition coefficient (Wildman–Crippen LogP) is 2.62. The van der Waals surface area contributed by atoms with Crippen LogP contribution >= 0.6 is 0 Å². The normalized spacial score (nSPS) is 14.0. The fourth-order valence-electron chi connectivity index (χ4n) is 2.38. The number of nitrogens with zero attached hydrogens (tertiary/aromatic N) is 1. The smallest absolute Gasteiger partial charge is 0.362 e. The molecule has 0 aromatic heterocycles. The highest BCUT2D eigenvalue weighted by molar-refractivity contribution is 6.51. The first-order chi connectivity index (χ1) is 10.5. The monoisotopic (exact) mass is 295 g/mol. The van der Waals surface area contributed by atoms with Crippen LogP contribution < -0.4 is 0 Å². The van der Waals surface area contributed by atoms with Gasteiger partial charge >= 0.3 is 11.5 Å². The summed E-state index contributed by atoms with van der Waals surface area (Å²) < 4.78 is 0. The predicted molar refractivity (Wildman–Crippen MR) is 77.8 cm³/mol. The topological polar surface area (TPSA) is 97.5 Å². The maximum absolute atomic E-state index is 12.1. The van der Waals surface area contributed by atoms with Gasteiger partial charge in [0.2, 0.25) is 11.5 Å². The number of rotatable bonds is 2. The molecule has 108 valence electrons. The zero-order valence-corrected chi connectivity index (χ0v) is 11.1. The Labute approximate surface area is 124 Å². The van der Waals surface area contributed by atoms with E-state index in [9.17, 15) is 24.8 Å². The molecule has 0 saturated carbocycles. The molecule has 0 heterocycles. The third-order valence-electron chi connectivity index (χ3n) is 3.45. The van der Waals surface area contributed by atoms with Crippen molar-refractivity contribution in [2.24, 2.45) is 0 Å². The van der Waals surface area contributed by atoms with Crippen LogP contribution in [0.3, 0.4) is 0 Å². The van der Waals surface area contributed by atoms with Crippen molar-refractivity contribution in [3.8, 4) is 11.1 Å². The fraction of sp³-hybridized carbons (Fsp3) is 0. The molecule has 0 aliphatic heterocycles. The lowest BCUT2D eigenvalue weighted by molar-refractivity contribution is -0.418. The Balaban J connectivity index is 2.21. The van der Waals surface area contributed by atoms with Gasteiger partial charge in [-0.15, -0.1) is 0 Å². The van der Waals surface area contributed by atoms with Crippen molar-refractivity contribution < 1.29 is 19.6 Å². The van der Waals surface area contributed by atoms with Crippen molar-refractivity contribution in [2.75, 3.05) is 0 Å². The molecule has 6 nitrogen and oxygen atoms in total. The molecule has 1 aliphatic carbocycles. The first-order valence-corrected chi connectivity index (χ1v) is 6.37. The molecule has 0 amide bonds. The number of ketones is 2. The van der Waals surface area contributed by atoms with Crippen LogP contribution in [-0.4, -0.2) is 21.6 Å². The van der Waals surface area contributed by atoms with E-state index in [1.807, 2.05) is 30.3 Å². The van der Waals surface area contributed by atoms with Gasteiger partial charge in [0.15, 0.2) is 0 Å². The number of allylic oxidation sites excluding steroid dienone is 1. The Bertz CT molecular complexity index is 852. The van der Waals surface area contributed by atoms with Crippen LogP contribution in [0.15, 0.2) is 54.2 Å². The van der Waals surface area contributed by atoms with Gasteiger partial charge in [-0.2, -0.15) is 0 Å². The van der Waals surface area contributed by atoms with Gasteiger partial charge in [-0.25, -0.2) is 0 Å². The van der Waals surface area contributed by atoms with Crippen LogP contribution in [0.25, 0.3) is 16.9 Å². The van der Waals surface area contributed by atoms with Crippen LogP contribution in [0.5, 0.6) is 0 Å². The second kappa shape index (κ2) is 4.92. The maximum Gasteiger partial charge on any atom is 0.362 e. The lowest BCUT2D eigenvalue weighted by Gasteiger charge is -2.14. The van der Waals surface area contributed by atoms with Crippen molar-refractivity contribution in [3.63, 3.8) is 0 Å². The lowest BCUT2D eigenvalue weighted by Crippen LogP contribution is -2.27. The van der Waals surface area contributed by atoms with E-state index in [1.165, 1.54) is 12.1 Å². The summed E-state index contributed by atoms with van der Waals surface area (Å²) in [5, 5.41) is 20.7. The number of carbonyl (C=O) groups excluding carboxylic acids is 2. The van der Waals surface area contributed by atoms with Gasteiger partial charge in [0.1, 0.15) is 0 Å². The molecule has 22 heavy (non-hydrogen) atoms. The van der Waals surface area contributed by atoms with E-state index in [4.69, 9.17) is 0 Å². The summed E-state index contributed by atoms with van der Waals surface area (Å²) in [7, 11) is 0. The summed E-state index contributed by atoms with van der Waals surface area (Å²) in [6, 6.07) is 13.6. The molecule has 1 aliphatic rings. The molecule has 0 bridgehead atoms. The number of fused-ring (bicyclic) bond motifs is 1. The highest BCUT2D eigenvalue weighted by atomic mass is 16.6. The van der Waals surface area contributed by atoms with Crippen molar-refractivity contribution >= 4 is 17.3 Å². The molecular weight excluding hydrogens is 286 g/mol. The van der Waals surface area contributed by atoms with Crippen molar-refractivity contribution in [1.82, 2.24) is 0 Å². The zero-order valence-electron chi connectivity index (χ0n) is 11.1. The summed E-state index contributed by atoms with van der Waals surface area (Å²) in [6.07, 6.45) is 0. The Kier molecular flexibility index (Phi) is 3.06. The number of hydrogen-bond donors (Lipinski definition) is 1. The largest absolute Gasteiger partial charge is 0.502 e. The number of aliphatic hydroxyl groups excluding tert-OH is 1. The number of carbonyl (C=O) groups is 2. The number of aliphatic hydroxyl groups is 1. The molecule has 0 atom stereocenters. The van der Waals surface area contributed by atoms with Crippen LogP contribution in [0.2, 0.25) is 0 Å². The summed E-state index contributed by atoms with van der Waals surface area (Å²) in [6.45, 7) is 0. The van der Waals surface area contributed by atoms with Crippen molar-refractivity contribution in [1.29, 1.82) is 0 Å². The summed E-state index contributed by atoms with van der Waals surface area (Å²) >= 11 is 0. The van der Waals surface area contributed by atoms with Gasteiger partial charge < -0.3 is 5.11 Å². The second-order valence-electron chi connectivity index (χ2n) is 4.74. The highest BCUT2D eigenvalue weighted by Crippen LogP contribution is 2.31. The second-order valence-corrected chi connectivity index (χ2v) is 4.74. The summed E-state index contributed by atoms with van der Waals surface area (Å²) in [5.41, 5.74) is 0.391. The minimum atomic E-state index is -1.31. The molecule has 2 aromatic rings.